The first-order chi connectivity index (χ1) is 13.6. The van der Waals surface area contributed by atoms with E-state index in [1.165, 1.54) is 11.1 Å². The summed E-state index contributed by atoms with van der Waals surface area (Å²) in [6.45, 7) is 7.81. The minimum Gasteiger partial charge on any atom is -0.493 e. The fourth-order valence-corrected chi connectivity index (χ4v) is 4.35. The highest BCUT2D eigenvalue weighted by molar-refractivity contribution is 7.98. The predicted molar refractivity (Wildman–Crippen MR) is 116 cm³/mol. The molecule has 148 valence electrons. The van der Waals surface area contributed by atoms with E-state index in [-0.39, 0.29) is 0 Å². The van der Waals surface area contributed by atoms with Crippen molar-refractivity contribution in [3.63, 3.8) is 0 Å². The van der Waals surface area contributed by atoms with Gasteiger partial charge in [0.2, 0.25) is 0 Å². The Morgan fingerprint density at radius 2 is 1.89 bits per heavy atom. The molecular weight excluding hydrogens is 390 g/mol. The number of aromatic nitrogens is 3. The molecule has 0 saturated carbocycles. The normalized spacial score (nSPS) is 11.0. The van der Waals surface area contributed by atoms with Gasteiger partial charge in [-0.15, -0.1) is 10.2 Å². The lowest BCUT2D eigenvalue weighted by Crippen LogP contribution is -2.06. The first-order valence-electron chi connectivity index (χ1n) is 9.56. The molecule has 0 atom stereocenters. The standard InChI is InChI=1S/C22H26ClN3OS/c1-4-26-21(10-7-13-27-20-12-11-19(23)14-17(20)3)24-25-22(26)28-15-18-9-6-5-8-16(18)2/h5-6,8-9,11-12,14H,4,7,10,13,15H2,1-3H3. The Labute approximate surface area is 176 Å². The molecule has 1 heterocycles. The van der Waals surface area contributed by atoms with Crippen molar-refractivity contribution in [1.82, 2.24) is 14.8 Å². The number of halogens is 1. The van der Waals surface area contributed by atoms with Crippen molar-refractivity contribution in [3.8, 4) is 5.75 Å². The summed E-state index contributed by atoms with van der Waals surface area (Å²) in [4.78, 5) is 0. The van der Waals surface area contributed by atoms with Crippen LogP contribution >= 0.6 is 23.4 Å². The smallest absolute Gasteiger partial charge is 0.191 e. The average Bonchev–Trinajstić information content (AvgIpc) is 3.07. The number of aryl methyl sites for hydroxylation is 3. The average molecular weight is 416 g/mol. The molecule has 0 aliphatic heterocycles. The fourth-order valence-electron chi connectivity index (χ4n) is 3.03. The minimum atomic E-state index is 0.644. The molecule has 0 bridgehead atoms. The van der Waals surface area contributed by atoms with Crippen molar-refractivity contribution < 1.29 is 4.74 Å². The lowest BCUT2D eigenvalue weighted by atomic mass is 10.1. The molecule has 3 rings (SSSR count). The van der Waals surface area contributed by atoms with Crippen molar-refractivity contribution in [3.05, 3.63) is 70.0 Å². The van der Waals surface area contributed by atoms with Gasteiger partial charge in [-0.05, 0) is 62.1 Å². The van der Waals surface area contributed by atoms with Gasteiger partial charge in [0, 0.05) is 23.7 Å². The second-order valence-corrected chi connectivity index (χ2v) is 8.10. The van der Waals surface area contributed by atoms with Gasteiger partial charge in [0.15, 0.2) is 5.16 Å². The Hall–Kier alpha value is -1.98. The number of rotatable bonds is 9. The Morgan fingerprint density at radius 1 is 1.07 bits per heavy atom. The fraction of sp³-hybridized carbons (Fsp3) is 0.364. The van der Waals surface area contributed by atoms with Crippen LogP contribution in [0.5, 0.6) is 5.75 Å². The minimum absolute atomic E-state index is 0.644. The van der Waals surface area contributed by atoms with Gasteiger partial charge in [0.25, 0.3) is 0 Å². The molecule has 6 heteroatoms. The quantitative estimate of drug-likeness (QED) is 0.323. The van der Waals surface area contributed by atoms with Gasteiger partial charge in [0.1, 0.15) is 11.6 Å². The van der Waals surface area contributed by atoms with Gasteiger partial charge < -0.3 is 9.30 Å². The maximum absolute atomic E-state index is 5.99. The van der Waals surface area contributed by atoms with Crippen LogP contribution in [0.3, 0.4) is 0 Å². The van der Waals surface area contributed by atoms with Crippen LogP contribution in [0.1, 0.15) is 35.9 Å². The lowest BCUT2D eigenvalue weighted by molar-refractivity contribution is 0.307. The van der Waals surface area contributed by atoms with Crippen molar-refractivity contribution in [2.45, 2.75) is 51.1 Å². The van der Waals surface area contributed by atoms with Gasteiger partial charge in [0.05, 0.1) is 6.61 Å². The van der Waals surface area contributed by atoms with E-state index < -0.39 is 0 Å². The van der Waals surface area contributed by atoms with Gasteiger partial charge in [-0.2, -0.15) is 0 Å². The van der Waals surface area contributed by atoms with E-state index in [0.717, 1.165) is 52.5 Å². The molecule has 0 fully saturated rings. The molecule has 4 nitrogen and oxygen atoms in total. The van der Waals surface area contributed by atoms with Crippen LogP contribution < -0.4 is 4.74 Å². The molecule has 1 aromatic heterocycles. The molecule has 0 radical (unpaired) electrons. The van der Waals surface area contributed by atoms with E-state index >= 15 is 0 Å². The summed E-state index contributed by atoms with van der Waals surface area (Å²) in [5.41, 5.74) is 3.71. The van der Waals surface area contributed by atoms with E-state index in [4.69, 9.17) is 16.3 Å². The van der Waals surface area contributed by atoms with Crippen LogP contribution in [-0.2, 0) is 18.7 Å². The van der Waals surface area contributed by atoms with E-state index in [1.54, 1.807) is 11.8 Å². The largest absolute Gasteiger partial charge is 0.493 e. The molecule has 28 heavy (non-hydrogen) atoms. The Bertz CT molecular complexity index is 926. The second-order valence-electron chi connectivity index (χ2n) is 6.72. The van der Waals surface area contributed by atoms with Crippen LogP contribution in [-0.4, -0.2) is 21.4 Å². The second kappa shape index (κ2) is 9.99. The van der Waals surface area contributed by atoms with E-state index in [0.29, 0.717) is 6.61 Å². The third-order valence-electron chi connectivity index (χ3n) is 4.67. The Morgan fingerprint density at radius 3 is 2.64 bits per heavy atom. The van der Waals surface area contributed by atoms with Gasteiger partial charge in [-0.1, -0.05) is 47.6 Å². The van der Waals surface area contributed by atoms with Crippen LogP contribution in [0.25, 0.3) is 0 Å². The number of thioether (sulfide) groups is 1. The third kappa shape index (κ3) is 5.30. The molecule has 0 N–H and O–H groups in total. The van der Waals surface area contributed by atoms with Crippen LogP contribution in [0.15, 0.2) is 47.6 Å². The predicted octanol–water partition coefficient (Wildman–Crippen LogP) is 5.87. The Kier molecular flexibility index (Phi) is 7.40. The van der Waals surface area contributed by atoms with E-state index in [2.05, 4.69) is 52.9 Å². The highest BCUT2D eigenvalue weighted by Gasteiger charge is 2.12. The maximum Gasteiger partial charge on any atom is 0.191 e. The SMILES string of the molecule is CCn1c(CCCOc2ccc(Cl)cc2C)nnc1SCc1ccccc1C. The summed E-state index contributed by atoms with van der Waals surface area (Å²) in [5, 5.41) is 10.5. The van der Waals surface area contributed by atoms with Gasteiger partial charge in [-0.3, -0.25) is 0 Å². The van der Waals surface area contributed by atoms with Crippen molar-refractivity contribution in [2.24, 2.45) is 0 Å². The zero-order valence-electron chi connectivity index (χ0n) is 16.6. The van der Waals surface area contributed by atoms with Gasteiger partial charge >= 0.3 is 0 Å². The highest BCUT2D eigenvalue weighted by atomic mass is 35.5. The summed E-state index contributed by atoms with van der Waals surface area (Å²) >= 11 is 7.74. The molecule has 0 aliphatic carbocycles. The molecule has 3 aromatic rings. The molecule has 2 aromatic carbocycles. The molecule has 0 aliphatic rings. The lowest BCUT2D eigenvalue weighted by Gasteiger charge is -2.10. The summed E-state index contributed by atoms with van der Waals surface area (Å²) in [6.07, 6.45) is 1.74. The first kappa shape index (κ1) is 20.7. The number of ether oxygens (including phenoxy) is 1. The summed E-state index contributed by atoms with van der Waals surface area (Å²) in [6, 6.07) is 14.2. The summed E-state index contributed by atoms with van der Waals surface area (Å²) in [5.74, 6) is 2.81. The zero-order valence-corrected chi connectivity index (χ0v) is 18.2. The van der Waals surface area contributed by atoms with Crippen LogP contribution in [0, 0.1) is 13.8 Å². The highest BCUT2D eigenvalue weighted by Crippen LogP contribution is 2.24. The molecule has 0 amide bonds. The van der Waals surface area contributed by atoms with Crippen molar-refractivity contribution in [2.75, 3.05) is 6.61 Å². The number of benzene rings is 2. The monoisotopic (exact) mass is 415 g/mol. The molecule has 0 unspecified atom stereocenters. The molecule has 0 saturated heterocycles. The number of hydrogen-bond acceptors (Lipinski definition) is 4. The molecule has 0 spiro atoms. The zero-order chi connectivity index (χ0) is 19.9. The van der Waals surface area contributed by atoms with E-state index in [1.807, 2.05) is 25.1 Å². The molecular formula is C22H26ClN3OS. The third-order valence-corrected chi connectivity index (χ3v) is 5.92. The maximum atomic E-state index is 5.99. The van der Waals surface area contributed by atoms with E-state index in [9.17, 15) is 0 Å². The van der Waals surface area contributed by atoms with Gasteiger partial charge in [-0.25, -0.2) is 0 Å². The number of nitrogens with zero attached hydrogens (tertiary/aromatic N) is 3. The summed E-state index contributed by atoms with van der Waals surface area (Å²) in [7, 11) is 0. The summed E-state index contributed by atoms with van der Waals surface area (Å²) < 4.78 is 8.10. The van der Waals surface area contributed by atoms with Crippen LogP contribution in [0.4, 0.5) is 0 Å². The first-order valence-corrected chi connectivity index (χ1v) is 10.9. The Balaban J connectivity index is 1.54. The van der Waals surface area contributed by atoms with Crippen molar-refractivity contribution >= 4 is 23.4 Å². The topological polar surface area (TPSA) is 39.9 Å². The number of hydrogen-bond donors (Lipinski definition) is 0. The van der Waals surface area contributed by atoms with Crippen molar-refractivity contribution in [1.29, 1.82) is 0 Å². The van der Waals surface area contributed by atoms with Crippen LogP contribution in [0.2, 0.25) is 5.02 Å².